The lowest BCUT2D eigenvalue weighted by molar-refractivity contribution is 0.242. The largest absolute Gasteiger partial charge is 0.324 e. The van der Waals surface area contributed by atoms with Crippen LogP contribution in [0.3, 0.4) is 0 Å². The maximum atomic E-state index is 4.88. The van der Waals surface area contributed by atoms with Crippen LogP contribution in [-0.4, -0.2) is 50.0 Å². The molecule has 1 saturated heterocycles. The molecule has 1 aromatic carbocycles. The number of thioether (sulfide) groups is 1. The van der Waals surface area contributed by atoms with Crippen molar-refractivity contribution >= 4 is 33.8 Å². The fraction of sp³-hybridized carbons (Fsp3) is 0.550. The molecular formula is C20H27N5S. The molecule has 1 fully saturated rings. The molecule has 0 saturated carbocycles. The highest BCUT2D eigenvalue weighted by Crippen LogP contribution is 2.27. The number of rotatable bonds is 7. The predicted octanol–water partition coefficient (Wildman–Crippen LogP) is 4.36. The van der Waals surface area contributed by atoms with Gasteiger partial charge < -0.3 is 9.47 Å². The number of nitrogens with zero attached hydrogens (tertiary/aromatic N) is 5. The van der Waals surface area contributed by atoms with E-state index in [9.17, 15) is 0 Å². The van der Waals surface area contributed by atoms with Crippen LogP contribution in [0.1, 0.15) is 39.0 Å². The van der Waals surface area contributed by atoms with E-state index in [1.165, 1.54) is 44.3 Å². The van der Waals surface area contributed by atoms with Gasteiger partial charge >= 0.3 is 0 Å². The molecule has 26 heavy (non-hydrogen) atoms. The second kappa shape index (κ2) is 8.35. The first kappa shape index (κ1) is 17.7. The van der Waals surface area contributed by atoms with Crippen LogP contribution < -0.4 is 0 Å². The van der Waals surface area contributed by atoms with Gasteiger partial charge in [0.2, 0.25) is 5.16 Å². The van der Waals surface area contributed by atoms with Gasteiger partial charge in [-0.25, -0.2) is 4.98 Å². The second-order valence-corrected chi connectivity index (χ2v) is 8.10. The predicted molar refractivity (Wildman–Crippen MR) is 109 cm³/mol. The van der Waals surface area contributed by atoms with E-state index in [2.05, 4.69) is 50.9 Å². The lowest BCUT2D eigenvalue weighted by Crippen LogP contribution is -2.31. The maximum Gasteiger partial charge on any atom is 0.211 e. The van der Waals surface area contributed by atoms with Gasteiger partial charge in [-0.05, 0) is 38.4 Å². The lowest BCUT2D eigenvalue weighted by Gasteiger charge is -2.25. The van der Waals surface area contributed by atoms with Crippen LogP contribution in [0.25, 0.3) is 22.1 Å². The van der Waals surface area contributed by atoms with E-state index in [-0.39, 0.29) is 0 Å². The molecule has 5 nitrogen and oxygen atoms in total. The minimum Gasteiger partial charge on any atom is -0.324 e. The quantitative estimate of drug-likeness (QED) is 0.579. The molecular weight excluding hydrogens is 342 g/mol. The van der Waals surface area contributed by atoms with Crippen molar-refractivity contribution in [2.24, 2.45) is 0 Å². The number of hydrogen-bond donors (Lipinski definition) is 0. The summed E-state index contributed by atoms with van der Waals surface area (Å²) >= 11 is 1.73. The molecule has 1 aliphatic heterocycles. The maximum absolute atomic E-state index is 4.88. The molecule has 0 unspecified atom stereocenters. The van der Waals surface area contributed by atoms with Crippen molar-refractivity contribution in [3.05, 3.63) is 24.3 Å². The van der Waals surface area contributed by atoms with Crippen molar-refractivity contribution in [3.63, 3.8) is 0 Å². The number of benzene rings is 1. The van der Waals surface area contributed by atoms with Crippen LogP contribution in [0.2, 0.25) is 0 Å². The molecule has 0 radical (unpaired) electrons. The first-order valence-electron chi connectivity index (χ1n) is 9.83. The molecule has 0 aliphatic carbocycles. The van der Waals surface area contributed by atoms with Crippen LogP contribution in [0.15, 0.2) is 29.4 Å². The van der Waals surface area contributed by atoms with E-state index < -0.39 is 0 Å². The van der Waals surface area contributed by atoms with Gasteiger partial charge in [-0.2, -0.15) is 0 Å². The smallest absolute Gasteiger partial charge is 0.211 e. The van der Waals surface area contributed by atoms with Gasteiger partial charge in [0, 0.05) is 24.2 Å². The van der Waals surface area contributed by atoms with Crippen molar-refractivity contribution < 1.29 is 0 Å². The standard InChI is InChI=1S/C20H27N5S/c1-2-3-13-25-17-10-6-5-9-16(17)18-19(25)21-20(23-22-18)26-15-14-24-11-7-4-8-12-24/h5-6,9-10H,2-4,7-8,11-15H2,1H3. The van der Waals surface area contributed by atoms with Crippen molar-refractivity contribution in [3.8, 4) is 0 Å². The zero-order valence-corrected chi connectivity index (χ0v) is 16.3. The number of para-hydroxylation sites is 1. The van der Waals surface area contributed by atoms with E-state index in [1.807, 2.05) is 0 Å². The van der Waals surface area contributed by atoms with Crippen LogP contribution in [0.5, 0.6) is 0 Å². The average Bonchev–Trinajstić information content (AvgIpc) is 3.00. The number of likely N-dealkylation sites (tertiary alicyclic amines) is 1. The van der Waals surface area contributed by atoms with Gasteiger partial charge in [0.1, 0.15) is 5.52 Å². The fourth-order valence-electron chi connectivity index (χ4n) is 3.74. The third kappa shape index (κ3) is 3.71. The molecule has 3 aromatic rings. The van der Waals surface area contributed by atoms with Gasteiger partial charge in [-0.1, -0.05) is 49.7 Å². The molecule has 0 N–H and O–H groups in total. The molecule has 138 valence electrons. The molecule has 4 rings (SSSR count). The monoisotopic (exact) mass is 369 g/mol. The summed E-state index contributed by atoms with van der Waals surface area (Å²) in [5.74, 6) is 1.03. The van der Waals surface area contributed by atoms with Crippen molar-refractivity contribution in [1.29, 1.82) is 0 Å². The Balaban J connectivity index is 1.56. The number of fused-ring (bicyclic) bond motifs is 3. The Morgan fingerprint density at radius 3 is 2.73 bits per heavy atom. The minimum atomic E-state index is 0.801. The molecule has 6 heteroatoms. The number of unbranched alkanes of at least 4 members (excludes halogenated alkanes) is 1. The highest BCUT2D eigenvalue weighted by molar-refractivity contribution is 7.99. The molecule has 0 spiro atoms. The van der Waals surface area contributed by atoms with Gasteiger partial charge in [-0.3, -0.25) is 0 Å². The zero-order chi connectivity index (χ0) is 17.8. The van der Waals surface area contributed by atoms with Crippen LogP contribution >= 0.6 is 11.8 Å². The van der Waals surface area contributed by atoms with E-state index in [0.29, 0.717) is 0 Å². The van der Waals surface area contributed by atoms with E-state index >= 15 is 0 Å². The van der Waals surface area contributed by atoms with Crippen molar-refractivity contribution in [1.82, 2.24) is 24.6 Å². The fourth-order valence-corrected chi connectivity index (χ4v) is 4.52. The minimum absolute atomic E-state index is 0.801. The Bertz CT molecular complexity index is 869. The normalized spacial score (nSPS) is 15.9. The van der Waals surface area contributed by atoms with E-state index in [0.717, 1.165) is 47.0 Å². The molecule has 0 atom stereocenters. The summed E-state index contributed by atoms with van der Waals surface area (Å²) in [6.45, 7) is 6.80. The second-order valence-electron chi connectivity index (χ2n) is 7.04. The summed E-state index contributed by atoms with van der Waals surface area (Å²) in [5.41, 5.74) is 3.13. The molecule has 0 amide bonds. The number of aryl methyl sites for hydroxylation is 1. The third-order valence-corrected chi connectivity index (χ3v) is 5.99. The summed E-state index contributed by atoms with van der Waals surface area (Å²) in [5, 5.41) is 10.9. The number of hydrogen-bond acceptors (Lipinski definition) is 5. The van der Waals surface area contributed by atoms with Gasteiger partial charge in [0.15, 0.2) is 5.65 Å². The molecule has 2 aromatic heterocycles. The Hall–Kier alpha value is -1.66. The lowest BCUT2D eigenvalue weighted by atomic mass is 10.1. The highest BCUT2D eigenvalue weighted by Gasteiger charge is 2.15. The van der Waals surface area contributed by atoms with Crippen molar-refractivity contribution in [2.45, 2.75) is 50.7 Å². The first-order chi connectivity index (χ1) is 12.9. The highest BCUT2D eigenvalue weighted by atomic mass is 32.2. The van der Waals surface area contributed by atoms with E-state index in [1.54, 1.807) is 11.8 Å². The van der Waals surface area contributed by atoms with Crippen molar-refractivity contribution in [2.75, 3.05) is 25.4 Å². The van der Waals surface area contributed by atoms with Crippen LogP contribution in [0.4, 0.5) is 0 Å². The summed E-state index contributed by atoms with van der Waals surface area (Å²) in [4.78, 5) is 7.44. The average molecular weight is 370 g/mol. The van der Waals surface area contributed by atoms with Crippen LogP contribution in [0, 0.1) is 0 Å². The van der Waals surface area contributed by atoms with Gasteiger partial charge in [0.25, 0.3) is 0 Å². The Morgan fingerprint density at radius 2 is 1.88 bits per heavy atom. The first-order valence-corrected chi connectivity index (χ1v) is 10.8. The van der Waals surface area contributed by atoms with Gasteiger partial charge in [-0.15, -0.1) is 10.2 Å². The Morgan fingerprint density at radius 1 is 1.04 bits per heavy atom. The molecule has 0 bridgehead atoms. The third-order valence-electron chi connectivity index (χ3n) is 5.18. The zero-order valence-electron chi connectivity index (χ0n) is 15.5. The van der Waals surface area contributed by atoms with Crippen LogP contribution in [-0.2, 0) is 6.54 Å². The topological polar surface area (TPSA) is 46.8 Å². The summed E-state index contributed by atoms with van der Waals surface area (Å²) in [6, 6.07) is 8.44. The Labute approximate surface area is 159 Å². The molecule has 3 heterocycles. The summed E-state index contributed by atoms with van der Waals surface area (Å²) in [6.07, 6.45) is 6.38. The summed E-state index contributed by atoms with van der Waals surface area (Å²) in [7, 11) is 0. The van der Waals surface area contributed by atoms with E-state index in [4.69, 9.17) is 4.98 Å². The number of piperidine rings is 1. The SMILES string of the molecule is CCCCn1c2ccccc2c2nnc(SCCN3CCCCC3)nc21. The number of aromatic nitrogens is 4. The van der Waals surface area contributed by atoms with Gasteiger partial charge in [0.05, 0.1) is 5.52 Å². The molecule has 1 aliphatic rings. The Kier molecular flexibility index (Phi) is 5.70. The summed E-state index contributed by atoms with van der Waals surface area (Å²) < 4.78 is 2.32.